The molecule has 10 heteroatoms. The zero-order valence-electron chi connectivity index (χ0n) is 22.7. The van der Waals surface area contributed by atoms with Gasteiger partial charge in [0.25, 0.3) is 0 Å². The normalized spacial score (nSPS) is 14.7. The smallest absolute Gasteiger partial charge is 0.405 e. The number of rotatable bonds is 7. The first kappa shape index (κ1) is 26.2. The van der Waals surface area contributed by atoms with Gasteiger partial charge in [-0.2, -0.15) is 0 Å². The minimum Gasteiger partial charge on any atom is -0.465 e. The molecule has 3 N–H and O–H groups in total. The largest absolute Gasteiger partial charge is 0.465 e. The van der Waals surface area contributed by atoms with Crippen LogP contribution in [0.25, 0.3) is 33.1 Å². The van der Waals surface area contributed by atoms with Crippen molar-refractivity contribution in [2.24, 2.45) is 13.0 Å². The number of amides is 2. The summed E-state index contributed by atoms with van der Waals surface area (Å²) in [6.45, 7) is 0.919. The number of fused-ring (bicyclic) bond motifs is 2. The molecular weight excluding hydrogens is 518 g/mol. The Morgan fingerprint density at radius 2 is 1.88 bits per heavy atom. The number of aromatic nitrogens is 4. The van der Waals surface area contributed by atoms with Gasteiger partial charge in [-0.1, -0.05) is 18.2 Å². The summed E-state index contributed by atoms with van der Waals surface area (Å²) in [5.41, 5.74) is 6.84. The highest BCUT2D eigenvalue weighted by Crippen LogP contribution is 2.37. The van der Waals surface area contributed by atoms with Gasteiger partial charge in [-0.05, 0) is 65.6 Å². The van der Waals surface area contributed by atoms with E-state index < -0.39 is 6.09 Å². The number of likely N-dealkylation sites (tertiary alicyclic amines) is 1. The Morgan fingerprint density at radius 3 is 2.66 bits per heavy atom. The number of hydrogen-bond acceptors (Lipinski definition) is 6. The van der Waals surface area contributed by atoms with Crippen LogP contribution in [0.1, 0.15) is 24.4 Å². The van der Waals surface area contributed by atoms with Gasteiger partial charge >= 0.3 is 6.09 Å². The minimum absolute atomic E-state index is 0.0459. The van der Waals surface area contributed by atoms with Crippen molar-refractivity contribution in [1.29, 1.82) is 0 Å². The van der Waals surface area contributed by atoms with Crippen LogP contribution in [0.3, 0.4) is 0 Å². The molecule has 5 aromatic rings. The molecule has 6 rings (SSSR count). The average molecular weight is 550 g/mol. The summed E-state index contributed by atoms with van der Waals surface area (Å²) in [5.74, 6) is 0.0288. The van der Waals surface area contributed by atoms with E-state index in [1.165, 1.54) is 5.39 Å². The molecule has 3 aromatic heterocycles. The van der Waals surface area contributed by atoms with E-state index in [1.54, 1.807) is 23.5 Å². The van der Waals surface area contributed by atoms with Gasteiger partial charge in [0, 0.05) is 67.9 Å². The molecule has 4 heterocycles. The molecule has 0 bridgehead atoms. The van der Waals surface area contributed by atoms with Crippen LogP contribution in [-0.2, 0) is 11.8 Å². The zero-order valence-corrected chi connectivity index (χ0v) is 22.7. The van der Waals surface area contributed by atoms with Crippen molar-refractivity contribution in [3.8, 4) is 11.1 Å². The van der Waals surface area contributed by atoms with Crippen molar-refractivity contribution in [3.63, 3.8) is 0 Å². The Bertz CT molecular complexity index is 1710. The van der Waals surface area contributed by atoms with E-state index in [2.05, 4.69) is 72.7 Å². The van der Waals surface area contributed by atoms with Crippen LogP contribution in [0, 0.1) is 5.92 Å². The number of carbonyl (C=O) groups excluding carboxylic acids is 1. The molecule has 41 heavy (non-hydrogen) atoms. The SMILES string of the molecule is Cn1ccc2ccc(-c3cc(NC(c4cccnc4)C4CCN(C(=O)CNC(=O)O)CC4)cc4nccnc34)cc21. The number of pyridine rings is 1. The number of benzene rings is 2. The van der Waals surface area contributed by atoms with Crippen LogP contribution in [0.2, 0.25) is 0 Å². The zero-order chi connectivity index (χ0) is 28.3. The van der Waals surface area contributed by atoms with Crippen LogP contribution in [-0.4, -0.2) is 61.2 Å². The molecule has 0 saturated carbocycles. The molecule has 2 amide bonds. The predicted molar refractivity (Wildman–Crippen MR) is 157 cm³/mol. The lowest BCUT2D eigenvalue weighted by Gasteiger charge is -2.37. The maximum Gasteiger partial charge on any atom is 0.405 e. The van der Waals surface area contributed by atoms with Crippen LogP contribution in [0.4, 0.5) is 10.5 Å². The van der Waals surface area contributed by atoms with Crippen molar-refractivity contribution in [2.45, 2.75) is 18.9 Å². The van der Waals surface area contributed by atoms with Gasteiger partial charge < -0.3 is 25.2 Å². The number of carboxylic acid groups (broad SMARTS) is 1. The highest BCUT2D eigenvalue weighted by Gasteiger charge is 2.30. The van der Waals surface area contributed by atoms with Gasteiger partial charge in [0.15, 0.2) is 0 Å². The molecule has 0 aliphatic carbocycles. The second kappa shape index (κ2) is 11.2. The molecule has 1 aliphatic heterocycles. The van der Waals surface area contributed by atoms with Crippen LogP contribution in [0.5, 0.6) is 0 Å². The highest BCUT2D eigenvalue weighted by atomic mass is 16.4. The second-order valence-electron chi connectivity index (χ2n) is 10.4. The predicted octanol–water partition coefficient (Wildman–Crippen LogP) is 4.84. The summed E-state index contributed by atoms with van der Waals surface area (Å²) in [6.07, 6.45) is 9.49. The standard InChI is InChI=1S/C31H31N7O3/c1-37-12-6-20-4-5-22(15-27(20)37)25-16-24(17-26-30(25)34-11-10-33-26)36-29(23-3-2-9-32-18-23)21-7-13-38(14-8-21)28(39)19-35-31(40)41/h2-6,9-12,15-18,21,29,35-36H,7-8,13-14,19H2,1H3,(H,40,41). The first-order valence-corrected chi connectivity index (χ1v) is 13.7. The second-order valence-corrected chi connectivity index (χ2v) is 10.4. The average Bonchev–Trinajstić information content (AvgIpc) is 3.38. The molecule has 1 fully saturated rings. The third-order valence-electron chi connectivity index (χ3n) is 7.89. The maximum atomic E-state index is 12.5. The lowest BCUT2D eigenvalue weighted by atomic mass is 9.85. The number of piperidine rings is 1. The van der Waals surface area contributed by atoms with Gasteiger partial charge in [0.05, 0.1) is 17.1 Å². The lowest BCUT2D eigenvalue weighted by Crippen LogP contribution is -2.45. The summed E-state index contributed by atoms with van der Waals surface area (Å²) < 4.78 is 2.11. The summed E-state index contributed by atoms with van der Waals surface area (Å²) in [6, 6.07) is 16.7. The van der Waals surface area contributed by atoms with E-state index in [0.29, 0.717) is 13.1 Å². The number of nitrogens with zero attached hydrogens (tertiary/aromatic N) is 5. The first-order chi connectivity index (χ1) is 20.0. The number of hydrogen-bond donors (Lipinski definition) is 3. The van der Waals surface area contributed by atoms with Crippen LogP contribution < -0.4 is 10.6 Å². The fourth-order valence-electron chi connectivity index (χ4n) is 5.77. The first-order valence-electron chi connectivity index (χ1n) is 13.7. The summed E-state index contributed by atoms with van der Waals surface area (Å²) in [5, 5.41) is 16.0. The number of anilines is 1. The highest BCUT2D eigenvalue weighted by molar-refractivity contribution is 5.97. The number of aryl methyl sites for hydroxylation is 1. The lowest BCUT2D eigenvalue weighted by molar-refractivity contribution is -0.131. The van der Waals surface area contributed by atoms with Gasteiger partial charge in [0.1, 0.15) is 6.54 Å². The van der Waals surface area contributed by atoms with E-state index in [9.17, 15) is 9.59 Å². The molecular formula is C31H31N7O3. The minimum atomic E-state index is -1.20. The Hall–Kier alpha value is -4.99. The van der Waals surface area contributed by atoms with Crippen LogP contribution >= 0.6 is 0 Å². The van der Waals surface area contributed by atoms with Gasteiger partial charge in [-0.3, -0.25) is 19.7 Å². The summed E-state index contributed by atoms with van der Waals surface area (Å²) in [4.78, 5) is 38.7. The molecule has 1 unspecified atom stereocenters. The molecule has 1 aliphatic rings. The van der Waals surface area contributed by atoms with Crippen molar-refractivity contribution in [2.75, 3.05) is 25.0 Å². The van der Waals surface area contributed by atoms with Gasteiger partial charge in [-0.25, -0.2) is 4.79 Å². The molecule has 0 radical (unpaired) electrons. The number of carbonyl (C=O) groups is 2. The molecule has 208 valence electrons. The van der Waals surface area contributed by atoms with E-state index in [1.807, 2.05) is 25.4 Å². The fourth-order valence-corrected chi connectivity index (χ4v) is 5.77. The third kappa shape index (κ3) is 5.54. The van der Waals surface area contributed by atoms with E-state index in [-0.39, 0.29) is 24.4 Å². The van der Waals surface area contributed by atoms with E-state index in [4.69, 9.17) is 5.11 Å². The van der Waals surface area contributed by atoms with Gasteiger partial charge in [0.2, 0.25) is 5.91 Å². The maximum absolute atomic E-state index is 12.5. The Kier molecular flexibility index (Phi) is 7.20. The van der Waals surface area contributed by atoms with Crippen molar-refractivity contribution in [1.82, 2.24) is 29.7 Å². The van der Waals surface area contributed by atoms with Crippen molar-refractivity contribution in [3.05, 3.63) is 85.1 Å². The molecule has 2 aromatic carbocycles. The monoisotopic (exact) mass is 549 g/mol. The van der Waals surface area contributed by atoms with E-state index >= 15 is 0 Å². The van der Waals surface area contributed by atoms with E-state index in [0.717, 1.165) is 51.8 Å². The molecule has 1 saturated heterocycles. The quantitative estimate of drug-likeness (QED) is 0.265. The Morgan fingerprint density at radius 1 is 1.05 bits per heavy atom. The Labute approximate surface area is 237 Å². The van der Waals surface area contributed by atoms with Gasteiger partial charge in [-0.15, -0.1) is 0 Å². The number of nitrogens with one attached hydrogen (secondary N) is 2. The van der Waals surface area contributed by atoms with Crippen LogP contribution in [0.15, 0.2) is 79.5 Å². The third-order valence-corrected chi connectivity index (χ3v) is 7.89. The Balaban J connectivity index is 1.31. The fraction of sp³-hybridized carbons (Fsp3) is 0.258. The molecule has 10 nitrogen and oxygen atoms in total. The van der Waals surface area contributed by atoms with Crippen molar-refractivity contribution >= 4 is 39.6 Å². The summed E-state index contributed by atoms with van der Waals surface area (Å²) in [7, 11) is 2.04. The molecule has 0 spiro atoms. The topological polar surface area (TPSA) is 125 Å². The molecule has 1 atom stereocenters. The summed E-state index contributed by atoms with van der Waals surface area (Å²) >= 11 is 0. The van der Waals surface area contributed by atoms with Crippen molar-refractivity contribution < 1.29 is 14.7 Å².